The normalized spacial score (nSPS) is 12.8. The fourth-order valence-electron chi connectivity index (χ4n) is 1.44. The third-order valence-corrected chi connectivity index (χ3v) is 2.42. The Morgan fingerprint density at radius 3 is 2.75 bits per heavy atom. The fourth-order valence-corrected chi connectivity index (χ4v) is 1.44. The summed E-state index contributed by atoms with van der Waals surface area (Å²) in [7, 11) is 0. The van der Waals surface area contributed by atoms with Gasteiger partial charge in [0.15, 0.2) is 0 Å². The van der Waals surface area contributed by atoms with Crippen LogP contribution in [0, 0.1) is 0 Å². The first kappa shape index (κ1) is 12.9. The van der Waals surface area contributed by atoms with E-state index in [1.54, 1.807) is 6.33 Å². The number of aliphatic hydroxyl groups is 1. The summed E-state index contributed by atoms with van der Waals surface area (Å²) in [5, 5.41) is 12.7. The SMILES string of the molecule is CCCC(O)CNc1cc(C(C)C)ncn1. The molecule has 1 rings (SSSR count). The number of nitrogens with zero attached hydrogens (tertiary/aromatic N) is 2. The molecule has 0 aliphatic heterocycles. The molecule has 0 saturated carbocycles. The van der Waals surface area contributed by atoms with E-state index in [9.17, 15) is 5.11 Å². The smallest absolute Gasteiger partial charge is 0.129 e. The molecule has 0 bridgehead atoms. The summed E-state index contributed by atoms with van der Waals surface area (Å²) in [6.45, 7) is 6.79. The fraction of sp³-hybridized carbons (Fsp3) is 0.667. The second-order valence-corrected chi connectivity index (χ2v) is 4.31. The second-order valence-electron chi connectivity index (χ2n) is 4.31. The van der Waals surface area contributed by atoms with Crippen molar-refractivity contribution in [2.45, 2.75) is 45.6 Å². The van der Waals surface area contributed by atoms with Crippen LogP contribution >= 0.6 is 0 Å². The van der Waals surface area contributed by atoms with Crippen LogP contribution in [0.2, 0.25) is 0 Å². The molecule has 16 heavy (non-hydrogen) atoms. The predicted molar refractivity (Wildman–Crippen MR) is 65.5 cm³/mol. The summed E-state index contributed by atoms with van der Waals surface area (Å²) in [6.07, 6.45) is 3.06. The van der Waals surface area contributed by atoms with E-state index >= 15 is 0 Å². The van der Waals surface area contributed by atoms with Gasteiger partial charge in [0, 0.05) is 18.3 Å². The highest BCUT2D eigenvalue weighted by Crippen LogP contribution is 2.13. The van der Waals surface area contributed by atoms with Crippen LogP contribution in [0.4, 0.5) is 5.82 Å². The van der Waals surface area contributed by atoms with E-state index in [-0.39, 0.29) is 6.10 Å². The maximum atomic E-state index is 9.58. The van der Waals surface area contributed by atoms with Crippen molar-refractivity contribution < 1.29 is 5.11 Å². The molecule has 1 heterocycles. The lowest BCUT2D eigenvalue weighted by Gasteiger charge is -2.12. The number of aliphatic hydroxyl groups excluding tert-OH is 1. The van der Waals surface area contributed by atoms with Crippen LogP contribution < -0.4 is 5.32 Å². The summed E-state index contributed by atoms with van der Waals surface area (Å²) in [5.74, 6) is 1.18. The Kier molecular flexibility index (Phi) is 5.19. The molecule has 0 saturated heterocycles. The van der Waals surface area contributed by atoms with Crippen LogP contribution in [0.1, 0.15) is 45.2 Å². The molecule has 0 aromatic carbocycles. The first-order valence-corrected chi connectivity index (χ1v) is 5.87. The molecule has 0 aliphatic rings. The van der Waals surface area contributed by atoms with Gasteiger partial charge in [-0.15, -0.1) is 0 Å². The Bertz CT molecular complexity index is 315. The van der Waals surface area contributed by atoms with Gasteiger partial charge in [0.05, 0.1) is 6.10 Å². The minimum Gasteiger partial charge on any atom is -0.391 e. The maximum absolute atomic E-state index is 9.58. The van der Waals surface area contributed by atoms with Crippen molar-refractivity contribution in [2.24, 2.45) is 0 Å². The molecule has 0 spiro atoms. The Balaban J connectivity index is 2.50. The standard InChI is InChI=1S/C12H21N3O/c1-4-5-10(16)7-13-12-6-11(9(2)3)14-8-15-12/h6,8-10,16H,4-5,7H2,1-3H3,(H,13,14,15). The molecule has 2 N–H and O–H groups in total. The highest BCUT2D eigenvalue weighted by Gasteiger charge is 2.05. The Morgan fingerprint density at radius 1 is 1.38 bits per heavy atom. The van der Waals surface area contributed by atoms with Gasteiger partial charge in [0.1, 0.15) is 12.1 Å². The Labute approximate surface area is 97.1 Å². The molecule has 1 unspecified atom stereocenters. The molecule has 1 aromatic rings. The van der Waals surface area contributed by atoms with E-state index in [1.165, 1.54) is 0 Å². The van der Waals surface area contributed by atoms with Crippen LogP contribution in [-0.4, -0.2) is 27.7 Å². The molecule has 4 heteroatoms. The van der Waals surface area contributed by atoms with Crippen molar-refractivity contribution in [2.75, 3.05) is 11.9 Å². The van der Waals surface area contributed by atoms with Crippen LogP contribution in [0.15, 0.2) is 12.4 Å². The van der Waals surface area contributed by atoms with Crippen LogP contribution in [0.25, 0.3) is 0 Å². The third kappa shape index (κ3) is 4.14. The quantitative estimate of drug-likeness (QED) is 0.776. The second kappa shape index (κ2) is 6.43. The van der Waals surface area contributed by atoms with Crippen molar-refractivity contribution in [1.82, 2.24) is 9.97 Å². The van der Waals surface area contributed by atoms with Crippen molar-refractivity contribution in [3.63, 3.8) is 0 Å². The van der Waals surface area contributed by atoms with E-state index in [4.69, 9.17) is 0 Å². The van der Waals surface area contributed by atoms with Gasteiger partial charge in [-0.25, -0.2) is 9.97 Å². The molecular weight excluding hydrogens is 202 g/mol. The first-order chi connectivity index (χ1) is 7.63. The van der Waals surface area contributed by atoms with Crippen molar-refractivity contribution in [1.29, 1.82) is 0 Å². The third-order valence-electron chi connectivity index (χ3n) is 2.42. The largest absolute Gasteiger partial charge is 0.391 e. The van der Waals surface area contributed by atoms with Crippen molar-refractivity contribution in [3.05, 3.63) is 18.1 Å². The number of hydrogen-bond acceptors (Lipinski definition) is 4. The van der Waals surface area contributed by atoms with E-state index < -0.39 is 0 Å². The molecule has 0 amide bonds. The lowest BCUT2D eigenvalue weighted by molar-refractivity contribution is 0.176. The molecule has 0 radical (unpaired) electrons. The Hall–Kier alpha value is -1.16. The molecule has 4 nitrogen and oxygen atoms in total. The highest BCUT2D eigenvalue weighted by molar-refractivity contribution is 5.35. The van der Waals surface area contributed by atoms with Gasteiger partial charge in [-0.05, 0) is 12.3 Å². The van der Waals surface area contributed by atoms with Gasteiger partial charge >= 0.3 is 0 Å². The zero-order valence-corrected chi connectivity index (χ0v) is 10.3. The van der Waals surface area contributed by atoms with Crippen LogP contribution in [0.5, 0.6) is 0 Å². The number of aromatic nitrogens is 2. The zero-order valence-electron chi connectivity index (χ0n) is 10.3. The summed E-state index contributed by atoms with van der Waals surface area (Å²) >= 11 is 0. The van der Waals surface area contributed by atoms with Crippen molar-refractivity contribution in [3.8, 4) is 0 Å². The Morgan fingerprint density at radius 2 is 2.12 bits per heavy atom. The van der Waals surface area contributed by atoms with Gasteiger partial charge < -0.3 is 10.4 Å². The van der Waals surface area contributed by atoms with Gasteiger partial charge in [-0.2, -0.15) is 0 Å². The topological polar surface area (TPSA) is 58.0 Å². The summed E-state index contributed by atoms with van der Waals surface area (Å²) in [6, 6.07) is 1.93. The number of rotatable bonds is 6. The molecule has 1 atom stereocenters. The van der Waals surface area contributed by atoms with Crippen LogP contribution in [0.3, 0.4) is 0 Å². The lowest BCUT2D eigenvalue weighted by Crippen LogP contribution is -2.19. The monoisotopic (exact) mass is 223 g/mol. The molecular formula is C12H21N3O. The summed E-state index contributed by atoms with van der Waals surface area (Å²) in [5.41, 5.74) is 1.02. The molecule has 1 aromatic heterocycles. The van der Waals surface area contributed by atoms with E-state index in [2.05, 4.69) is 36.1 Å². The average molecular weight is 223 g/mol. The van der Waals surface area contributed by atoms with Crippen LogP contribution in [-0.2, 0) is 0 Å². The van der Waals surface area contributed by atoms with Gasteiger partial charge in [-0.1, -0.05) is 27.2 Å². The zero-order chi connectivity index (χ0) is 12.0. The maximum Gasteiger partial charge on any atom is 0.129 e. The number of anilines is 1. The minimum absolute atomic E-state index is 0.303. The average Bonchev–Trinajstić information content (AvgIpc) is 2.27. The summed E-state index contributed by atoms with van der Waals surface area (Å²) in [4.78, 5) is 8.31. The minimum atomic E-state index is -0.303. The van der Waals surface area contributed by atoms with Gasteiger partial charge in [0.2, 0.25) is 0 Å². The molecule has 90 valence electrons. The van der Waals surface area contributed by atoms with Gasteiger partial charge in [-0.3, -0.25) is 0 Å². The number of nitrogens with one attached hydrogen (secondary N) is 1. The van der Waals surface area contributed by atoms with Crippen molar-refractivity contribution >= 4 is 5.82 Å². The predicted octanol–water partition coefficient (Wildman–Crippen LogP) is 2.17. The van der Waals surface area contributed by atoms with Gasteiger partial charge in [0.25, 0.3) is 0 Å². The van der Waals surface area contributed by atoms with E-state index in [0.29, 0.717) is 12.5 Å². The number of hydrogen-bond donors (Lipinski definition) is 2. The van der Waals surface area contributed by atoms with E-state index in [0.717, 1.165) is 24.4 Å². The lowest BCUT2D eigenvalue weighted by atomic mass is 10.1. The molecule has 0 aliphatic carbocycles. The first-order valence-electron chi connectivity index (χ1n) is 5.87. The molecule has 0 fully saturated rings. The van der Waals surface area contributed by atoms with E-state index in [1.807, 2.05) is 6.07 Å². The highest BCUT2D eigenvalue weighted by atomic mass is 16.3. The summed E-state index contributed by atoms with van der Waals surface area (Å²) < 4.78 is 0.